The summed E-state index contributed by atoms with van der Waals surface area (Å²) in [4.78, 5) is 8.17. The fraction of sp³-hybridized carbons (Fsp3) is 0.438. The van der Waals surface area contributed by atoms with Crippen molar-refractivity contribution in [3.63, 3.8) is 0 Å². The summed E-state index contributed by atoms with van der Waals surface area (Å²) in [6.45, 7) is 6.17. The highest BCUT2D eigenvalue weighted by Gasteiger charge is 2.20. The van der Waals surface area contributed by atoms with Gasteiger partial charge in [-0.2, -0.15) is 0 Å². The van der Waals surface area contributed by atoms with Gasteiger partial charge in [0.2, 0.25) is 0 Å². The molecule has 1 fully saturated rings. The first-order chi connectivity index (χ1) is 9.76. The van der Waals surface area contributed by atoms with E-state index in [-0.39, 0.29) is 0 Å². The summed E-state index contributed by atoms with van der Waals surface area (Å²) in [5, 5.41) is 4.63. The zero-order valence-electron chi connectivity index (χ0n) is 12.1. The quantitative estimate of drug-likeness (QED) is 0.874. The van der Waals surface area contributed by atoms with Crippen LogP contribution in [0.25, 0.3) is 0 Å². The summed E-state index contributed by atoms with van der Waals surface area (Å²) in [6, 6.07) is 9.40. The normalized spacial score (nSPS) is 14.5. The maximum Gasteiger partial charge on any atom is 0.190 e. The second-order valence-electron chi connectivity index (χ2n) is 5.34. The van der Waals surface area contributed by atoms with Crippen molar-refractivity contribution in [2.24, 2.45) is 0 Å². The summed E-state index contributed by atoms with van der Waals surface area (Å²) in [6.07, 6.45) is 4.67. The first-order valence-corrected chi connectivity index (χ1v) is 8.10. The molecular formula is C16H21N3S. The maximum absolute atomic E-state index is 4.59. The summed E-state index contributed by atoms with van der Waals surface area (Å²) in [5.41, 5.74) is 2.51. The molecule has 1 aliphatic rings. The highest BCUT2D eigenvalue weighted by Crippen LogP contribution is 2.30. The largest absolute Gasteiger partial charge is 0.318 e. The van der Waals surface area contributed by atoms with Crippen molar-refractivity contribution in [1.29, 1.82) is 0 Å². The third-order valence-corrected chi connectivity index (χ3v) is 4.60. The van der Waals surface area contributed by atoms with Crippen molar-refractivity contribution in [2.75, 3.05) is 11.4 Å². The van der Waals surface area contributed by atoms with Gasteiger partial charge >= 0.3 is 0 Å². The predicted octanol–water partition coefficient (Wildman–Crippen LogP) is 3.86. The molecule has 0 bridgehead atoms. The Morgan fingerprint density at radius 2 is 2.05 bits per heavy atom. The minimum atomic E-state index is 0.750. The Bertz CT molecular complexity index is 557. The van der Waals surface area contributed by atoms with Crippen LogP contribution in [0.2, 0.25) is 0 Å². The van der Waals surface area contributed by atoms with Crippen molar-refractivity contribution < 1.29 is 0 Å². The number of aromatic nitrogens is 1. The molecule has 1 aromatic heterocycles. The third-order valence-electron chi connectivity index (χ3n) is 3.58. The van der Waals surface area contributed by atoms with Gasteiger partial charge in [-0.05, 0) is 38.8 Å². The molecule has 0 radical (unpaired) electrons. The van der Waals surface area contributed by atoms with E-state index in [0.29, 0.717) is 0 Å². The van der Waals surface area contributed by atoms with Gasteiger partial charge < -0.3 is 10.2 Å². The summed E-state index contributed by atoms with van der Waals surface area (Å²) < 4.78 is 0. The van der Waals surface area contributed by atoms with Crippen molar-refractivity contribution >= 4 is 22.2 Å². The number of aryl methyl sites for hydroxylation is 1. The van der Waals surface area contributed by atoms with E-state index in [1.807, 2.05) is 6.20 Å². The third kappa shape index (κ3) is 3.19. The van der Waals surface area contributed by atoms with Gasteiger partial charge in [-0.25, -0.2) is 4.98 Å². The van der Waals surface area contributed by atoms with Gasteiger partial charge in [0.1, 0.15) is 0 Å². The van der Waals surface area contributed by atoms with Gasteiger partial charge in [0.25, 0.3) is 0 Å². The molecule has 1 heterocycles. The molecular weight excluding hydrogens is 266 g/mol. The first kappa shape index (κ1) is 13.6. The zero-order valence-corrected chi connectivity index (χ0v) is 12.9. The van der Waals surface area contributed by atoms with Crippen LogP contribution in [0.3, 0.4) is 0 Å². The molecule has 0 spiro atoms. The van der Waals surface area contributed by atoms with Crippen LogP contribution >= 0.6 is 11.3 Å². The first-order valence-electron chi connectivity index (χ1n) is 7.28. The highest BCUT2D eigenvalue weighted by atomic mass is 32.1. The predicted molar refractivity (Wildman–Crippen MR) is 85.8 cm³/mol. The highest BCUT2D eigenvalue weighted by molar-refractivity contribution is 7.15. The van der Waals surface area contributed by atoms with E-state index in [2.05, 4.69) is 53.3 Å². The molecule has 0 atom stereocenters. The van der Waals surface area contributed by atoms with Gasteiger partial charge in [0.05, 0.1) is 0 Å². The molecule has 1 aliphatic carbocycles. The Balaban J connectivity index is 1.72. The monoisotopic (exact) mass is 287 g/mol. The molecule has 1 N–H and O–H groups in total. The topological polar surface area (TPSA) is 28.2 Å². The lowest BCUT2D eigenvalue weighted by atomic mass is 10.2. The Labute approximate surface area is 124 Å². The molecule has 2 aromatic rings. The Hall–Kier alpha value is -1.39. The number of hydrogen-bond donors (Lipinski definition) is 1. The van der Waals surface area contributed by atoms with Gasteiger partial charge in [-0.1, -0.05) is 17.7 Å². The second kappa shape index (κ2) is 5.94. The molecule has 1 aromatic carbocycles. The van der Waals surface area contributed by atoms with E-state index in [9.17, 15) is 0 Å². The van der Waals surface area contributed by atoms with Crippen molar-refractivity contribution in [3.05, 3.63) is 40.9 Å². The molecule has 0 aliphatic heterocycles. The molecule has 0 saturated heterocycles. The Morgan fingerprint density at radius 1 is 1.30 bits per heavy atom. The standard InChI is InChI=1S/C16H21N3S/c1-3-19(14-8-4-12(2)5-9-14)16-18-11-15(20-16)10-17-13-6-7-13/h4-5,8-9,11,13,17H,3,6-7,10H2,1-2H3. The minimum Gasteiger partial charge on any atom is -0.318 e. The average Bonchev–Trinajstić information content (AvgIpc) is 3.18. The summed E-state index contributed by atoms with van der Waals surface area (Å²) in [7, 11) is 0. The molecule has 106 valence electrons. The van der Waals surface area contributed by atoms with Crippen LogP contribution in [-0.4, -0.2) is 17.6 Å². The SMILES string of the molecule is CCN(c1ccc(C)cc1)c1ncc(CNC2CC2)s1. The van der Waals surface area contributed by atoms with E-state index < -0.39 is 0 Å². The van der Waals surface area contributed by atoms with E-state index in [4.69, 9.17) is 0 Å². The van der Waals surface area contributed by atoms with Crippen LogP contribution in [0.4, 0.5) is 10.8 Å². The Morgan fingerprint density at radius 3 is 2.70 bits per heavy atom. The van der Waals surface area contributed by atoms with E-state index in [1.165, 1.54) is 29.0 Å². The number of rotatable bonds is 6. The fourth-order valence-electron chi connectivity index (χ4n) is 2.19. The van der Waals surface area contributed by atoms with Gasteiger partial charge in [0, 0.05) is 35.9 Å². The molecule has 0 amide bonds. The number of nitrogens with one attached hydrogen (secondary N) is 1. The van der Waals surface area contributed by atoms with Crippen LogP contribution < -0.4 is 10.2 Å². The van der Waals surface area contributed by atoms with E-state index in [1.54, 1.807) is 11.3 Å². The number of benzene rings is 1. The molecule has 0 unspecified atom stereocenters. The van der Waals surface area contributed by atoms with Gasteiger partial charge in [-0.15, -0.1) is 11.3 Å². The number of thiazole rings is 1. The fourth-order valence-corrected chi connectivity index (χ4v) is 3.13. The number of anilines is 2. The Kier molecular flexibility index (Phi) is 4.03. The zero-order chi connectivity index (χ0) is 13.9. The second-order valence-corrected chi connectivity index (χ2v) is 6.44. The smallest absolute Gasteiger partial charge is 0.190 e. The van der Waals surface area contributed by atoms with E-state index in [0.717, 1.165) is 24.3 Å². The lowest BCUT2D eigenvalue weighted by Gasteiger charge is -2.19. The van der Waals surface area contributed by atoms with Gasteiger partial charge in [-0.3, -0.25) is 0 Å². The summed E-state index contributed by atoms with van der Waals surface area (Å²) in [5.74, 6) is 0. The number of nitrogens with zero attached hydrogens (tertiary/aromatic N) is 2. The molecule has 3 rings (SSSR count). The molecule has 3 nitrogen and oxygen atoms in total. The number of hydrogen-bond acceptors (Lipinski definition) is 4. The van der Waals surface area contributed by atoms with Gasteiger partial charge in [0.15, 0.2) is 5.13 Å². The van der Waals surface area contributed by atoms with Crippen molar-refractivity contribution in [2.45, 2.75) is 39.3 Å². The molecule has 1 saturated carbocycles. The minimum absolute atomic E-state index is 0.750. The average molecular weight is 287 g/mol. The van der Waals surface area contributed by atoms with Crippen molar-refractivity contribution in [1.82, 2.24) is 10.3 Å². The summed E-state index contributed by atoms with van der Waals surface area (Å²) >= 11 is 1.79. The van der Waals surface area contributed by atoms with Crippen LogP contribution in [0.15, 0.2) is 30.5 Å². The van der Waals surface area contributed by atoms with Crippen molar-refractivity contribution in [3.8, 4) is 0 Å². The van der Waals surface area contributed by atoms with Crippen LogP contribution in [-0.2, 0) is 6.54 Å². The molecule has 20 heavy (non-hydrogen) atoms. The van der Waals surface area contributed by atoms with Crippen LogP contribution in [0, 0.1) is 6.92 Å². The van der Waals surface area contributed by atoms with E-state index >= 15 is 0 Å². The molecule has 4 heteroatoms. The lowest BCUT2D eigenvalue weighted by molar-refractivity contribution is 0.694. The lowest BCUT2D eigenvalue weighted by Crippen LogP contribution is -2.15. The van der Waals surface area contributed by atoms with Crippen LogP contribution in [0.5, 0.6) is 0 Å². The maximum atomic E-state index is 4.59. The van der Waals surface area contributed by atoms with Crippen LogP contribution in [0.1, 0.15) is 30.2 Å².